The van der Waals surface area contributed by atoms with Crippen LogP contribution >= 0.6 is 0 Å². The fourth-order valence-electron chi connectivity index (χ4n) is 3.37. The van der Waals surface area contributed by atoms with Crippen LogP contribution in [-0.2, 0) is 9.59 Å². The molecular weight excluding hydrogens is 334 g/mol. The molecule has 2 heterocycles. The molecule has 0 saturated carbocycles. The maximum absolute atomic E-state index is 12.5. The number of rotatable bonds is 5. The molecule has 2 aliphatic rings. The fourth-order valence-corrected chi connectivity index (χ4v) is 3.37. The van der Waals surface area contributed by atoms with E-state index in [0.717, 1.165) is 34.9 Å². The van der Waals surface area contributed by atoms with Crippen molar-refractivity contribution in [1.82, 2.24) is 10.6 Å². The van der Waals surface area contributed by atoms with Crippen molar-refractivity contribution < 1.29 is 24.0 Å². The van der Waals surface area contributed by atoms with E-state index in [-0.39, 0.29) is 23.8 Å². The normalized spacial score (nSPS) is 20.9. The molecule has 0 bridgehead atoms. The van der Waals surface area contributed by atoms with Gasteiger partial charge in [0.05, 0.1) is 32.3 Å². The van der Waals surface area contributed by atoms with Gasteiger partial charge in [0.25, 0.3) is 11.8 Å². The zero-order valence-electron chi connectivity index (χ0n) is 15.5. The number of hydrogen-bond donors (Lipinski definition) is 3. The van der Waals surface area contributed by atoms with Crippen molar-refractivity contribution in [3.8, 4) is 11.5 Å². The first-order valence-corrected chi connectivity index (χ1v) is 9.32. The lowest BCUT2D eigenvalue weighted by atomic mass is 9.95. The molecular formula is C19H28N3O4+. The van der Waals surface area contributed by atoms with Crippen molar-refractivity contribution in [2.45, 2.75) is 26.3 Å². The molecule has 7 heteroatoms. The van der Waals surface area contributed by atoms with Gasteiger partial charge < -0.3 is 25.0 Å². The van der Waals surface area contributed by atoms with E-state index in [1.54, 1.807) is 0 Å². The van der Waals surface area contributed by atoms with Gasteiger partial charge in [-0.2, -0.15) is 0 Å². The summed E-state index contributed by atoms with van der Waals surface area (Å²) < 4.78 is 11.5. The molecule has 26 heavy (non-hydrogen) atoms. The molecule has 3 rings (SSSR count). The second kappa shape index (κ2) is 8.40. The fraction of sp³-hybridized carbons (Fsp3) is 0.579. The zero-order valence-corrected chi connectivity index (χ0v) is 15.5. The average molecular weight is 362 g/mol. The highest BCUT2D eigenvalue weighted by atomic mass is 16.5. The number of piperazine rings is 1. The van der Waals surface area contributed by atoms with Crippen LogP contribution in [0.1, 0.15) is 31.9 Å². The highest BCUT2D eigenvalue weighted by Gasteiger charge is 2.25. The van der Waals surface area contributed by atoms with E-state index >= 15 is 0 Å². The third kappa shape index (κ3) is 4.66. The Hall–Kier alpha value is -2.28. The van der Waals surface area contributed by atoms with Gasteiger partial charge >= 0.3 is 0 Å². The molecule has 2 atom stereocenters. The zero-order chi connectivity index (χ0) is 18.5. The molecule has 1 aromatic carbocycles. The Balaban J connectivity index is 1.68. The van der Waals surface area contributed by atoms with Crippen molar-refractivity contribution in [2.75, 3.05) is 39.4 Å². The summed E-state index contributed by atoms with van der Waals surface area (Å²) in [6.07, 6.45) is 0.862. The summed E-state index contributed by atoms with van der Waals surface area (Å²) >= 11 is 0. The Kier molecular flexibility index (Phi) is 5.98. The van der Waals surface area contributed by atoms with Gasteiger partial charge in [0.15, 0.2) is 24.6 Å². The minimum Gasteiger partial charge on any atom is -0.490 e. The number of carbonyl (C=O) groups excluding carboxylic acids is 2. The van der Waals surface area contributed by atoms with Crippen LogP contribution in [0.25, 0.3) is 0 Å². The molecule has 142 valence electrons. The predicted molar refractivity (Wildman–Crippen MR) is 96.3 cm³/mol. The van der Waals surface area contributed by atoms with Crippen molar-refractivity contribution in [3.63, 3.8) is 0 Å². The largest absolute Gasteiger partial charge is 0.490 e. The number of amides is 2. The Morgan fingerprint density at radius 2 is 2.04 bits per heavy atom. The molecule has 1 unspecified atom stereocenters. The number of benzene rings is 1. The minimum atomic E-state index is -0.113. The van der Waals surface area contributed by atoms with Gasteiger partial charge in [-0.3, -0.25) is 9.59 Å². The van der Waals surface area contributed by atoms with Gasteiger partial charge in [0, 0.05) is 6.42 Å². The Morgan fingerprint density at radius 1 is 1.27 bits per heavy atom. The molecule has 2 aliphatic heterocycles. The summed E-state index contributed by atoms with van der Waals surface area (Å²) in [5.74, 6) is 1.67. The molecule has 0 aliphatic carbocycles. The molecule has 1 fully saturated rings. The van der Waals surface area contributed by atoms with Crippen LogP contribution in [0, 0.1) is 5.92 Å². The van der Waals surface area contributed by atoms with E-state index in [4.69, 9.17) is 9.47 Å². The van der Waals surface area contributed by atoms with Gasteiger partial charge in [0.1, 0.15) is 0 Å². The Bertz CT molecular complexity index is 662. The summed E-state index contributed by atoms with van der Waals surface area (Å²) in [7, 11) is 0. The first-order valence-electron chi connectivity index (χ1n) is 9.32. The summed E-state index contributed by atoms with van der Waals surface area (Å²) in [6, 6.07) is 5.75. The molecule has 7 nitrogen and oxygen atoms in total. The monoisotopic (exact) mass is 362 g/mol. The van der Waals surface area contributed by atoms with Crippen LogP contribution in [0.15, 0.2) is 18.2 Å². The van der Waals surface area contributed by atoms with Crippen LogP contribution in [0.3, 0.4) is 0 Å². The SMILES string of the molecule is CC(C)[C@H](NC(=O)C[NH+]1CCNC(=O)C1)c1ccc2c(c1)OCCCO2. The second-order valence-corrected chi connectivity index (χ2v) is 7.25. The maximum Gasteiger partial charge on any atom is 0.275 e. The molecule has 0 radical (unpaired) electrons. The van der Waals surface area contributed by atoms with Crippen molar-refractivity contribution in [2.24, 2.45) is 5.92 Å². The van der Waals surface area contributed by atoms with Crippen LogP contribution < -0.4 is 25.0 Å². The highest BCUT2D eigenvalue weighted by Crippen LogP contribution is 2.34. The van der Waals surface area contributed by atoms with E-state index in [0.29, 0.717) is 32.8 Å². The van der Waals surface area contributed by atoms with Crippen LogP contribution in [0.2, 0.25) is 0 Å². The lowest BCUT2D eigenvalue weighted by Gasteiger charge is -2.26. The Morgan fingerprint density at radius 3 is 2.77 bits per heavy atom. The van der Waals surface area contributed by atoms with Gasteiger partial charge in [-0.05, 0) is 23.6 Å². The second-order valence-electron chi connectivity index (χ2n) is 7.25. The number of fused-ring (bicyclic) bond motifs is 1. The summed E-state index contributed by atoms with van der Waals surface area (Å²) in [5.41, 5.74) is 1.00. The number of carbonyl (C=O) groups is 2. The van der Waals surface area contributed by atoms with Crippen LogP contribution in [0.4, 0.5) is 0 Å². The standard InChI is InChI=1S/C19H27N3O4/c1-13(2)19(21-18(24)12-22-7-6-20-17(23)11-22)14-4-5-15-16(10-14)26-9-3-8-25-15/h4-5,10,13,19H,3,6-9,11-12H2,1-2H3,(H,20,23)(H,21,24)/p+1/t19-/m0/s1. The van der Waals surface area contributed by atoms with E-state index < -0.39 is 0 Å². The van der Waals surface area contributed by atoms with E-state index in [1.807, 2.05) is 18.2 Å². The summed E-state index contributed by atoms with van der Waals surface area (Å²) in [4.78, 5) is 25.0. The molecule has 1 aromatic rings. The topological polar surface area (TPSA) is 81.1 Å². The van der Waals surface area contributed by atoms with E-state index in [1.165, 1.54) is 0 Å². The van der Waals surface area contributed by atoms with Crippen molar-refractivity contribution >= 4 is 11.8 Å². The molecule has 1 saturated heterocycles. The quantitative estimate of drug-likeness (QED) is 0.670. The average Bonchev–Trinajstić information content (AvgIpc) is 2.84. The number of hydrogen-bond acceptors (Lipinski definition) is 4. The number of ether oxygens (including phenoxy) is 2. The maximum atomic E-state index is 12.5. The van der Waals surface area contributed by atoms with Gasteiger partial charge in [0.2, 0.25) is 0 Å². The van der Waals surface area contributed by atoms with Crippen LogP contribution in [-0.4, -0.2) is 51.2 Å². The van der Waals surface area contributed by atoms with E-state index in [9.17, 15) is 9.59 Å². The lowest BCUT2D eigenvalue weighted by Crippen LogP contribution is -3.16. The number of nitrogens with one attached hydrogen (secondary N) is 3. The van der Waals surface area contributed by atoms with Gasteiger partial charge in [-0.25, -0.2) is 0 Å². The van der Waals surface area contributed by atoms with Gasteiger partial charge in [-0.1, -0.05) is 19.9 Å². The molecule has 0 spiro atoms. The number of quaternary nitrogens is 1. The van der Waals surface area contributed by atoms with Gasteiger partial charge in [-0.15, -0.1) is 0 Å². The first kappa shape index (κ1) is 18.5. The molecule has 3 N–H and O–H groups in total. The highest BCUT2D eigenvalue weighted by molar-refractivity contribution is 5.79. The third-order valence-corrected chi connectivity index (χ3v) is 4.74. The first-order chi connectivity index (χ1) is 12.5. The third-order valence-electron chi connectivity index (χ3n) is 4.74. The lowest BCUT2D eigenvalue weighted by molar-refractivity contribution is -0.885. The van der Waals surface area contributed by atoms with E-state index in [2.05, 4.69) is 24.5 Å². The van der Waals surface area contributed by atoms with Crippen molar-refractivity contribution in [1.29, 1.82) is 0 Å². The minimum absolute atomic E-state index is 0.00219. The summed E-state index contributed by atoms with van der Waals surface area (Å²) in [5, 5.41) is 5.92. The predicted octanol–water partition coefficient (Wildman–Crippen LogP) is -0.324. The van der Waals surface area contributed by atoms with Crippen LogP contribution in [0.5, 0.6) is 11.5 Å². The van der Waals surface area contributed by atoms with Crippen molar-refractivity contribution in [3.05, 3.63) is 23.8 Å². The molecule has 0 aromatic heterocycles. The Labute approximate surface area is 154 Å². The molecule has 2 amide bonds. The summed E-state index contributed by atoms with van der Waals surface area (Å²) in [6.45, 7) is 7.50. The smallest absolute Gasteiger partial charge is 0.275 e.